The number of amides is 1. The standard InChI is InChI=1S/C16H20N6O3/c1-9(2)17-13-14-19-20-16(24-4)22(14)12-7-6-10(8-11(12)18-13)15(23)21(3)25-5/h6-9H,1-5H3,(H,17,18). The normalized spacial score (nSPS) is 11.3. The number of ether oxygens (including phenoxy) is 1. The van der Waals surface area contributed by atoms with Gasteiger partial charge in [0.2, 0.25) is 5.65 Å². The van der Waals surface area contributed by atoms with Gasteiger partial charge in [-0.05, 0) is 32.0 Å². The van der Waals surface area contributed by atoms with Gasteiger partial charge in [0.25, 0.3) is 5.91 Å². The van der Waals surface area contributed by atoms with E-state index >= 15 is 0 Å². The van der Waals surface area contributed by atoms with Crippen LogP contribution in [0.4, 0.5) is 5.82 Å². The lowest BCUT2D eigenvalue weighted by atomic mass is 10.1. The molecule has 0 unspecified atom stereocenters. The number of methoxy groups -OCH3 is 1. The number of nitrogens with one attached hydrogen (secondary N) is 1. The van der Waals surface area contributed by atoms with Gasteiger partial charge in [0.05, 0.1) is 25.3 Å². The first-order valence-corrected chi connectivity index (χ1v) is 7.77. The van der Waals surface area contributed by atoms with Gasteiger partial charge in [-0.25, -0.2) is 14.4 Å². The van der Waals surface area contributed by atoms with Crippen molar-refractivity contribution in [2.45, 2.75) is 19.9 Å². The van der Waals surface area contributed by atoms with Crippen LogP contribution in [-0.4, -0.2) is 57.9 Å². The molecule has 0 spiro atoms. The summed E-state index contributed by atoms with van der Waals surface area (Å²) in [5.41, 5.74) is 2.38. The van der Waals surface area contributed by atoms with E-state index in [0.717, 1.165) is 10.6 Å². The van der Waals surface area contributed by atoms with Crippen molar-refractivity contribution in [1.29, 1.82) is 0 Å². The highest BCUT2D eigenvalue weighted by molar-refractivity contribution is 5.97. The zero-order valence-electron chi connectivity index (χ0n) is 14.8. The molecule has 25 heavy (non-hydrogen) atoms. The van der Waals surface area contributed by atoms with Gasteiger partial charge in [0.1, 0.15) is 0 Å². The zero-order chi connectivity index (χ0) is 18.1. The first-order chi connectivity index (χ1) is 12.0. The van der Waals surface area contributed by atoms with E-state index in [4.69, 9.17) is 9.57 Å². The summed E-state index contributed by atoms with van der Waals surface area (Å²) in [5, 5.41) is 12.6. The predicted molar refractivity (Wildman–Crippen MR) is 92.7 cm³/mol. The lowest BCUT2D eigenvalue weighted by Crippen LogP contribution is -2.25. The number of fused-ring (bicyclic) bond motifs is 3. The number of aromatic nitrogens is 4. The minimum Gasteiger partial charge on any atom is -0.467 e. The van der Waals surface area contributed by atoms with Crippen LogP contribution in [0.1, 0.15) is 24.2 Å². The molecule has 0 atom stereocenters. The number of nitrogens with zero attached hydrogens (tertiary/aromatic N) is 5. The third kappa shape index (κ3) is 2.93. The number of hydrogen-bond acceptors (Lipinski definition) is 7. The fourth-order valence-electron chi connectivity index (χ4n) is 2.51. The molecule has 0 aliphatic rings. The summed E-state index contributed by atoms with van der Waals surface area (Å²) < 4.78 is 7.07. The maximum absolute atomic E-state index is 12.3. The fourth-order valence-corrected chi connectivity index (χ4v) is 2.51. The second kappa shape index (κ2) is 6.52. The molecule has 0 bridgehead atoms. The van der Waals surface area contributed by atoms with Gasteiger partial charge >= 0.3 is 6.01 Å². The first kappa shape index (κ1) is 16.9. The molecule has 3 rings (SSSR count). The quantitative estimate of drug-likeness (QED) is 0.705. The molecular formula is C16H20N6O3. The Bertz CT molecular complexity index is 936. The van der Waals surface area contributed by atoms with E-state index in [1.807, 2.05) is 13.8 Å². The Balaban J connectivity index is 2.25. The van der Waals surface area contributed by atoms with Gasteiger partial charge < -0.3 is 10.1 Å². The molecule has 1 N–H and O–H groups in total. The molecule has 0 fully saturated rings. The van der Waals surface area contributed by atoms with Crippen molar-refractivity contribution in [3.05, 3.63) is 23.8 Å². The lowest BCUT2D eigenvalue weighted by molar-refractivity contribution is -0.0756. The zero-order valence-corrected chi connectivity index (χ0v) is 14.8. The molecule has 0 radical (unpaired) electrons. The van der Waals surface area contributed by atoms with Gasteiger partial charge in [0.15, 0.2) is 5.82 Å². The smallest absolute Gasteiger partial charge is 0.321 e. The molecule has 2 aromatic heterocycles. The maximum atomic E-state index is 12.3. The van der Waals surface area contributed by atoms with E-state index in [-0.39, 0.29) is 11.9 Å². The molecular weight excluding hydrogens is 324 g/mol. The molecule has 132 valence electrons. The monoisotopic (exact) mass is 344 g/mol. The van der Waals surface area contributed by atoms with Crippen molar-refractivity contribution in [2.24, 2.45) is 0 Å². The molecule has 0 aliphatic carbocycles. The number of rotatable bonds is 5. The average Bonchev–Trinajstić information content (AvgIpc) is 3.04. The minimum atomic E-state index is -0.264. The third-order valence-electron chi connectivity index (χ3n) is 3.71. The predicted octanol–water partition coefficient (Wildman–Crippen LogP) is 1.74. The van der Waals surface area contributed by atoms with E-state index in [1.54, 1.807) is 29.6 Å². The van der Waals surface area contributed by atoms with Crippen molar-refractivity contribution in [3.8, 4) is 6.01 Å². The summed E-state index contributed by atoms with van der Waals surface area (Å²) >= 11 is 0. The lowest BCUT2D eigenvalue weighted by Gasteiger charge is -2.15. The van der Waals surface area contributed by atoms with Crippen molar-refractivity contribution in [1.82, 2.24) is 24.6 Å². The van der Waals surface area contributed by atoms with Crippen LogP contribution in [0.3, 0.4) is 0 Å². The molecule has 9 heteroatoms. The number of benzene rings is 1. The Morgan fingerprint density at radius 1 is 1.28 bits per heavy atom. The van der Waals surface area contributed by atoms with Crippen molar-refractivity contribution in [2.75, 3.05) is 26.6 Å². The topological polar surface area (TPSA) is 93.9 Å². The van der Waals surface area contributed by atoms with Crippen LogP contribution in [0.5, 0.6) is 6.01 Å². The molecule has 2 heterocycles. The largest absolute Gasteiger partial charge is 0.467 e. The Kier molecular flexibility index (Phi) is 4.41. The van der Waals surface area contributed by atoms with Gasteiger partial charge in [-0.3, -0.25) is 9.63 Å². The summed E-state index contributed by atoms with van der Waals surface area (Å²) in [6.45, 7) is 4.01. The highest BCUT2D eigenvalue weighted by Crippen LogP contribution is 2.26. The fraction of sp³-hybridized carbons (Fsp3) is 0.375. The van der Waals surface area contributed by atoms with Crippen LogP contribution in [0.15, 0.2) is 18.2 Å². The molecule has 3 aromatic rings. The Hall–Kier alpha value is -2.94. The van der Waals surface area contributed by atoms with Crippen LogP contribution in [0, 0.1) is 0 Å². The molecule has 0 saturated carbocycles. The van der Waals surface area contributed by atoms with E-state index in [2.05, 4.69) is 20.5 Å². The SMILES string of the molecule is COc1nnc2c(NC(C)C)nc3cc(C(=O)N(C)OC)ccc3n12. The summed E-state index contributed by atoms with van der Waals surface area (Å²) in [7, 11) is 4.52. The summed E-state index contributed by atoms with van der Waals surface area (Å²) in [6, 6.07) is 5.70. The molecule has 1 amide bonds. The van der Waals surface area contributed by atoms with Crippen molar-refractivity contribution < 1.29 is 14.4 Å². The number of carbonyl (C=O) groups is 1. The average molecular weight is 344 g/mol. The number of hydrogen-bond donors (Lipinski definition) is 1. The van der Waals surface area contributed by atoms with Crippen LogP contribution < -0.4 is 10.1 Å². The van der Waals surface area contributed by atoms with Gasteiger partial charge in [-0.15, -0.1) is 5.10 Å². The Morgan fingerprint density at radius 3 is 2.68 bits per heavy atom. The third-order valence-corrected chi connectivity index (χ3v) is 3.71. The van der Waals surface area contributed by atoms with Gasteiger partial charge in [-0.1, -0.05) is 5.10 Å². The second-order valence-electron chi connectivity index (χ2n) is 5.79. The van der Waals surface area contributed by atoms with E-state index < -0.39 is 0 Å². The summed E-state index contributed by atoms with van der Waals surface area (Å²) in [6.07, 6.45) is 0. The maximum Gasteiger partial charge on any atom is 0.321 e. The molecule has 0 aliphatic heterocycles. The van der Waals surface area contributed by atoms with Gasteiger partial charge in [0, 0.05) is 18.7 Å². The highest BCUT2D eigenvalue weighted by atomic mass is 16.7. The van der Waals surface area contributed by atoms with Crippen LogP contribution in [0.25, 0.3) is 16.7 Å². The molecule has 9 nitrogen and oxygen atoms in total. The Morgan fingerprint density at radius 2 is 2.04 bits per heavy atom. The number of hydroxylamine groups is 2. The molecule has 0 saturated heterocycles. The second-order valence-corrected chi connectivity index (χ2v) is 5.79. The van der Waals surface area contributed by atoms with E-state index in [9.17, 15) is 4.79 Å². The minimum absolute atomic E-state index is 0.154. The summed E-state index contributed by atoms with van der Waals surface area (Å²) in [4.78, 5) is 21.9. The first-order valence-electron chi connectivity index (χ1n) is 7.77. The molecule has 1 aromatic carbocycles. The van der Waals surface area contributed by atoms with Crippen molar-refractivity contribution >= 4 is 28.4 Å². The van der Waals surface area contributed by atoms with Gasteiger partial charge in [-0.2, -0.15) is 0 Å². The van der Waals surface area contributed by atoms with E-state index in [0.29, 0.717) is 28.6 Å². The number of carbonyl (C=O) groups excluding carboxylic acids is 1. The summed E-state index contributed by atoms with van der Waals surface area (Å²) in [5.74, 6) is 0.309. The highest BCUT2D eigenvalue weighted by Gasteiger charge is 2.18. The van der Waals surface area contributed by atoms with Crippen LogP contribution in [0.2, 0.25) is 0 Å². The Labute approximate surface area is 144 Å². The number of anilines is 1. The van der Waals surface area contributed by atoms with Crippen LogP contribution in [-0.2, 0) is 4.84 Å². The van der Waals surface area contributed by atoms with E-state index in [1.165, 1.54) is 14.2 Å². The van der Waals surface area contributed by atoms with Crippen LogP contribution >= 0.6 is 0 Å². The van der Waals surface area contributed by atoms with Crippen molar-refractivity contribution in [3.63, 3.8) is 0 Å².